The fraction of sp³-hybridized carbons (Fsp3) is 0.0714. The summed E-state index contributed by atoms with van der Waals surface area (Å²) in [7, 11) is 0. The van der Waals surface area contributed by atoms with Gasteiger partial charge in [0, 0.05) is 4.47 Å². The number of halogens is 1. The standard InChI is InChI=1S/C14H10BrNO2/c1-8-2-4-10-12(6-8)18-13-7-9(15)3-5-11(13)16-14(10)17/h2-7H,1H3,(H,16,17). The van der Waals surface area contributed by atoms with Crippen molar-refractivity contribution < 1.29 is 9.53 Å². The van der Waals surface area contributed by atoms with E-state index in [-0.39, 0.29) is 5.91 Å². The monoisotopic (exact) mass is 303 g/mol. The molecule has 0 radical (unpaired) electrons. The summed E-state index contributed by atoms with van der Waals surface area (Å²) in [6, 6.07) is 11.1. The summed E-state index contributed by atoms with van der Waals surface area (Å²) in [5, 5.41) is 2.84. The molecule has 1 amide bonds. The Hall–Kier alpha value is -1.81. The highest BCUT2D eigenvalue weighted by atomic mass is 79.9. The number of fused-ring (bicyclic) bond motifs is 2. The molecule has 0 bridgehead atoms. The second-order valence-corrected chi connectivity index (χ2v) is 5.11. The topological polar surface area (TPSA) is 38.3 Å². The van der Waals surface area contributed by atoms with E-state index >= 15 is 0 Å². The molecule has 2 aromatic carbocycles. The van der Waals surface area contributed by atoms with E-state index in [0.717, 1.165) is 10.0 Å². The van der Waals surface area contributed by atoms with Crippen molar-refractivity contribution in [3.05, 3.63) is 52.0 Å². The van der Waals surface area contributed by atoms with Gasteiger partial charge in [0.2, 0.25) is 0 Å². The lowest BCUT2D eigenvalue weighted by molar-refractivity contribution is 0.102. The van der Waals surface area contributed by atoms with Gasteiger partial charge in [0.1, 0.15) is 5.75 Å². The van der Waals surface area contributed by atoms with E-state index in [1.54, 1.807) is 6.07 Å². The molecule has 0 aliphatic carbocycles. The number of amides is 1. The minimum Gasteiger partial charge on any atom is -0.454 e. The van der Waals surface area contributed by atoms with Crippen LogP contribution >= 0.6 is 15.9 Å². The van der Waals surface area contributed by atoms with Crippen LogP contribution in [-0.2, 0) is 0 Å². The van der Waals surface area contributed by atoms with Crippen molar-refractivity contribution in [3.63, 3.8) is 0 Å². The first-order valence-corrected chi connectivity index (χ1v) is 6.32. The minimum atomic E-state index is -0.147. The van der Waals surface area contributed by atoms with E-state index in [4.69, 9.17) is 4.74 Å². The van der Waals surface area contributed by atoms with Crippen molar-refractivity contribution in [2.75, 3.05) is 5.32 Å². The van der Waals surface area contributed by atoms with Crippen LogP contribution in [0.25, 0.3) is 0 Å². The zero-order valence-electron chi connectivity index (χ0n) is 9.66. The maximum atomic E-state index is 12.1. The molecular formula is C14H10BrNO2. The number of anilines is 1. The van der Waals surface area contributed by atoms with E-state index in [1.165, 1.54) is 0 Å². The molecule has 1 aliphatic heterocycles. The fourth-order valence-corrected chi connectivity index (χ4v) is 2.23. The lowest BCUT2D eigenvalue weighted by atomic mass is 10.1. The molecule has 0 atom stereocenters. The number of carbonyl (C=O) groups excluding carboxylic acids is 1. The molecule has 2 aromatic rings. The smallest absolute Gasteiger partial charge is 0.259 e. The van der Waals surface area contributed by atoms with E-state index < -0.39 is 0 Å². The Labute approximate surface area is 113 Å². The number of carbonyl (C=O) groups is 1. The molecular weight excluding hydrogens is 294 g/mol. The van der Waals surface area contributed by atoms with Crippen LogP contribution < -0.4 is 10.1 Å². The molecule has 1 aliphatic rings. The molecule has 18 heavy (non-hydrogen) atoms. The maximum Gasteiger partial charge on any atom is 0.259 e. The maximum absolute atomic E-state index is 12.1. The van der Waals surface area contributed by atoms with Gasteiger partial charge < -0.3 is 10.1 Å². The van der Waals surface area contributed by atoms with Gasteiger partial charge in [0.25, 0.3) is 5.91 Å². The van der Waals surface area contributed by atoms with Crippen molar-refractivity contribution in [1.29, 1.82) is 0 Å². The van der Waals surface area contributed by atoms with Crippen LogP contribution in [0.2, 0.25) is 0 Å². The molecule has 0 spiro atoms. The predicted molar refractivity (Wildman–Crippen MR) is 73.3 cm³/mol. The van der Waals surface area contributed by atoms with Gasteiger partial charge in [0.15, 0.2) is 5.75 Å². The Morgan fingerprint density at radius 3 is 2.78 bits per heavy atom. The zero-order valence-corrected chi connectivity index (χ0v) is 11.2. The molecule has 3 rings (SSSR count). The number of ether oxygens (including phenoxy) is 1. The Morgan fingerprint density at radius 1 is 1.11 bits per heavy atom. The fourth-order valence-electron chi connectivity index (χ4n) is 1.89. The van der Waals surface area contributed by atoms with Crippen molar-refractivity contribution in [2.24, 2.45) is 0 Å². The van der Waals surface area contributed by atoms with Crippen molar-refractivity contribution in [2.45, 2.75) is 6.92 Å². The predicted octanol–water partition coefficient (Wildman–Crippen LogP) is 4.12. The highest BCUT2D eigenvalue weighted by molar-refractivity contribution is 9.10. The quantitative estimate of drug-likeness (QED) is 0.795. The third-order valence-electron chi connectivity index (χ3n) is 2.79. The summed E-state index contributed by atoms with van der Waals surface area (Å²) in [5.41, 5.74) is 2.28. The molecule has 4 heteroatoms. The Kier molecular flexibility index (Phi) is 2.59. The van der Waals surface area contributed by atoms with Gasteiger partial charge >= 0.3 is 0 Å². The summed E-state index contributed by atoms with van der Waals surface area (Å²) in [6.45, 7) is 1.97. The molecule has 90 valence electrons. The number of benzene rings is 2. The van der Waals surface area contributed by atoms with Crippen LogP contribution in [-0.4, -0.2) is 5.91 Å². The van der Waals surface area contributed by atoms with Gasteiger partial charge in [-0.2, -0.15) is 0 Å². The number of nitrogens with one attached hydrogen (secondary N) is 1. The van der Waals surface area contributed by atoms with Crippen LogP contribution in [0.1, 0.15) is 15.9 Å². The van der Waals surface area contributed by atoms with Crippen LogP contribution in [0, 0.1) is 6.92 Å². The SMILES string of the molecule is Cc1ccc2c(c1)Oc1cc(Br)ccc1NC2=O. The van der Waals surface area contributed by atoms with Crippen molar-refractivity contribution in [1.82, 2.24) is 0 Å². The first-order chi connectivity index (χ1) is 8.63. The summed E-state index contributed by atoms with van der Waals surface area (Å²) in [6.07, 6.45) is 0. The lowest BCUT2D eigenvalue weighted by Gasteiger charge is -2.08. The lowest BCUT2D eigenvalue weighted by Crippen LogP contribution is -2.10. The number of hydrogen-bond donors (Lipinski definition) is 1. The Morgan fingerprint density at radius 2 is 1.94 bits per heavy atom. The highest BCUT2D eigenvalue weighted by Crippen LogP contribution is 2.37. The van der Waals surface area contributed by atoms with Gasteiger partial charge in [-0.15, -0.1) is 0 Å². The van der Waals surface area contributed by atoms with E-state index in [1.807, 2.05) is 37.3 Å². The molecule has 0 unspecified atom stereocenters. The van der Waals surface area contributed by atoms with Gasteiger partial charge in [-0.3, -0.25) is 4.79 Å². The van der Waals surface area contributed by atoms with Gasteiger partial charge in [-0.25, -0.2) is 0 Å². The Bertz CT molecular complexity index is 652. The second-order valence-electron chi connectivity index (χ2n) is 4.20. The normalized spacial score (nSPS) is 12.9. The van der Waals surface area contributed by atoms with Crippen LogP contribution in [0.5, 0.6) is 11.5 Å². The van der Waals surface area contributed by atoms with Crippen LogP contribution in [0.15, 0.2) is 40.9 Å². The summed E-state index contributed by atoms with van der Waals surface area (Å²) in [5.74, 6) is 1.08. The van der Waals surface area contributed by atoms with Crippen LogP contribution in [0.3, 0.4) is 0 Å². The van der Waals surface area contributed by atoms with Gasteiger partial charge in [-0.05, 0) is 42.8 Å². The van der Waals surface area contributed by atoms with Crippen LogP contribution in [0.4, 0.5) is 5.69 Å². The first-order valence-electron chi connectivity index (χ1n) is 5.53. The second kappa shape index (κ2) is 4.14. The molecule has 0 fully saturated rings. The van der Waals surface area contributed by atoms with E-state index in [0.29, 0.717) is 22.7 Å². The number of aryl methyl sites for hydroxylation is 1. The molecule has 1 heterocycles. The molecule has 0 saturated carbocycles. The minimum absolute atomic E-state index is 0.147. The van der Waals surface area contributed by atoms with E-state index in [2.05, 4.69) is 21.2 Å². The largest absolute Gasteiger partial charge is 0.454 e. The summed E-state index contributed by atoms with van der Waals surface area (Å²) < 4.78 is 6.73. The van der Waals surface area contributed by atoms with Crippen molar-refractivity contribution in [3.8, 4) is 11.5 Å². The first kappa shape index (κ1) is 11.3. The molecule has 1 N–H and O–H groups in total. The van der Waals surface area contributed by atoms with Crippen molar-refractivity contribution >= 4 is 27.5 Å². The highest BCUT2D eigenvalue weighted by Gasteiger charge is 2.20. The zero-order chi connectivity index (χ0) is 12.7. The average molecular weight is 304 g/mol. The summed E-state index contributed by atoms with van der Waals surface area (Å²) in [4.78, 5) is 12.1. The Balaban J connectivity index is 2.18. The molecule has 0 saturated heterocycles. The summed E-state index contributed by atoms with van der Waals surface area (Å²) >= 11 is 3.39. The third kappa shape index (κ3) is 1.88. The molecule has 0 aromatic heterocycles. The number of hydrogen-bond acceptors (Lipinski definition) is 2. The third-order valence-corrected chi connectivity index (χ3v) is 3.29. The number of rotatable bonds is 0. The van der Waals surface area contributed by atoms with Gasteiger partial charge in [0.05, 0.1) is 11.3 Å². The van der Waals surface area contributed by atoms with Gasteiger partial charge in [-0.1, -0.05) is 22.0 Å². The average Bonchev–Trinajstić information content (AvgIpc) is 2.44. The van der Waals surface area contributed by atoms with E-state index in [9.17, 15) is 4.79 Å². The molecule has 3 nitrogen and oxygen atoms in total.